The van der Waals surface area contributed by atoms with Crippen LogP contribution in [0, 0.1) is 0 Å². The second kappa shape index (κ2) is 9.95. The standard InChI is InChI=1S/C27H31N9O2S/c1-33-12-14-35(15-13-33)18-26-30-22-10-8-19(16-23(22)31-26)29-27-28-17-20-9-11-25(36(20)32-27)21-6-4-5-7-24(21)34(2)39(3,37)38/h4-11,16-17H,12-15,18H2,1-3H3,(H,29,32)(H,30,31). The molecule has 0 bridgehead atoms. The Morgan fingerprint density at radius 2 is 1.85 bits per heavy atom. The molecule has 39 heavy (non-hydrogen) atoms. The molecule has 0 radical (unpaired) electrons. The summed E-state index contributed by atoms with van der Waals surface area (Å²) in [5.74, 6) is 1.38. The maximum atomic E-state index is 12.3. The van der Waals surface area contributed by atoms with E-state index in [9.17, 15) is 8.42 Å². The number of imidazole rings is 1. The number of aromatic amines is 1. The third-order valence-corrected chi connectivity index (χ3v) is 8.36. The monoisotopic (exact) mass is 545 g/mol. The first-order valence-electron chi connectivity index (χ1n) is 12.8. The van der Waals surface area contributed by atoms with Gasteiger partial charge in [0.05, 0.1) is 46.9 Å². The zero-order chi connectivity index (χ0) is 27.1. The molecule has 3 aromatic heterocycles. The molecule has 0 unspecified atom stereocenters. The highest BCUT2D eigenvalue weighted by Gasteiger charge is 2.19. The molecular weight excluding hydrogens is 514 g/mol. The van der Waals surface area contributed by atoms with Crippen molar-refractivity contribution in [2.24, 2.45) is 0 Å². The lowest BCUT2D eigenvalue weighted by atomic mass is 10.1. The van der Waals surface area contributed by atoms with Crippen LogP contribution in [0.4, 0.5) is 17.3 Å². The van der Waals surface area contributed by atoms with Crippen LogP contribution in [0.25, 0.3) is 27.8 Å². The Kier molecular flexibility index (Phi) is 6.45. The SMILES string of the molecule is CN1CCN(Cc2nc3ccc(Nc4ncc5ccc(-c6ccccc6N(C)S(C)(=O)=O)n5n4)cc3[nH]2)CC1. The van der Waals surface area contributed by atoms with E-state index in [0.29, 0.717) is 11.6 Å². The van der Waals surface area contributed by atoms with Crippen molar-refractivity contribution >= 4 is 43.9 Å². The summed E-state index contributed by atoms with van der Waals surface area (Å²) in [5.41, 5.74) is 5.59. The Balaban J connectivity index is 1.27. The van der Waals surface area contributed by atoms with Crippen LogP contribution in [0.3, 0.4) is 0 Å². The van der Waals surface area contributed by atoms with Gasteiger partial charge < -0.3 is 15.2 Å². The molecule has 0 aliphatic carbocycles. The number of nitrogens with zero attached hydrogens (tertiary/aromatic N) is 7. The molecule has 202 valence electrons. The molecule has 6 rings (SSSR count). The third-order valence-electron chi connectivity index (χ3n) is 7.17. The largest absolute Gasteiger partial charge is 0.341 e. The van der Waals surface area contributed by atoms with E-state index >= 15 is 0 Å². The summed E-state index contributed by atoms with van der Waals surface area (Å²) in [4.78, 5) is 17.5. The number of piperazine rings is 1. The summed E-state index contributed by atoms with van der Waals surface area (Å²) in [6.07, 6.45) is 2.93. The minimum absolute atomic E-state index is 0.422. The van der Waals surface area contributed by atoms with Gasteiger partial charge in [0.15, 0.2) is 0 Å². The van der Waals surface area contributed by atoms with Crippen LogP contribution < -0.4 is 9.62 Å². The van der Waals surface area contributed by atoms with Crippen molar-refractivity contribution in [3.63, 3.8) is 0 Å². The van der Waals surface area contributed by atoms with Gasteiger partial charge in [0.25, 0.3) is 0 Å². The summed E-state index contributed by atoms with van der Waals surface area (Å²) in [7, 11) is 0.272. The second-order valence-electron chi connectivity index (χ2n) is 10.0. The lowest BCUT2D eigenvalue weighted by molar-refractivity contribution is 0.146. The lowest BCUT2D eigenvalue weighted by Gasteiger charge is -2.31. The van der Waals surface area contributed by atoms with Gasteiger partial charge >= 0.3 is 0 Å². The molecule has 0 spiro atoms. The average Bonchev–Trinajstić information content (AvgIpc) is 3.52. The number of fused-ring (bicyclic) bond motifs is 2. The van der Waals surface area contributed by atoms with Crippen LogP contribution in [0.1, 0.15) is 5.82 Å². The fourth-order valence-electron chi connectivity index (χ4n) is 4.87. The Morgan fingerprint density at radius 3 is 2.64 bits per heavy atom. The fraction of sp³-hybridized carbons (Fsp3) is 0.296. The van der Waals surface area contributed by atoms with Gasteiger partial charge in [-0.1, -0.05) is 18.2 Å². The number of nitrogens with one attached hydrogen (secondary N) is 2. The maximum absolute atomic E-state index is 12.3. The number of para-hydroxylation sites is 1. The Bertz CT molecular complexity index is 1750. The average molecular weight is 546 g/mol. The van der Waals surface area contributed by atoms with E-state index in [4.69, 9.17) is 10.1 Å². The molecule has 12 heteroatoms. The molecule has 1 aliphatic rings. The number of hydrogen-bond donors (Lipinski definition) is 2. The number of rotatable bonds is 7. The molecule has 1 aliphatic heterocycles. The Morgan fingerprint density at radius 1 is 1.05 bits per heavy atom. The van der Waals surface area contributed by atoms with Crippen molar-refractivity contribution < 1.29 is 8.42 Å². The minimum Gasteiger partial charge on any atom is -0.341 e. The van der Waals surface area contributed by atoms with Crippen LogP contribution in [0.15, 0.2) is 60.8 Å². The molecular formula is C27H31N9O2S. The van der Waals surface area contributed by atoms with Crippen molar-refractivity contribution in [3.8, 4) is 11.3 Å². The van der Waals surface area contributed by atoms with Gasteiger partial charge in [-0.15, -0.1) is 5.10 Å². The third kappa shape index (κ3) is 5.18. The highest BCUT2D eigenvalue weighted by atomic mass is 32.2. The normalized spacial score (nSPS) is 15.3. The number of anilines is 3. The smallest absolute Gasteiger partial charge is 0.245 e. The molecule has 4 heterocycles. The molecule has 0 amide bonds. The molecule has 0 saturated carbocycles. The highest BCUT2D eigenvalue weighted by molar-refractivity contribution is 7.92. The molecule has 2 N–H and O–H groups in total. The van der Waals surface area contributed by atoms with E-state index in [2.05, 4.69) is 32.1 Å². The van der Waals surface area contributed by atoms with E-state index < -0.39 is 10.0 Å². The number of hydrogen-bond acceptors (Lipinski definition) is 8. The van der Waals surface area contributed by atoms with Gasteiger partial charge in [0, 0.05) is 44.5 Å². The molecule has 5 aromatic rings. The van der Waals surface area contributed by atoms with Crippen LogP contribution in [0.2, 0.25) is 0 Å². The first-order valence-corrected chi connectivity index (χ1v) is 14.6. The Hall–Kier alpha value is -4.00. The minimum atomic E-state index is -3.43. The van der Waals surface area contributed by atoms with Gasteiger partial charge in [0.2, 0.25) is 16.0 Å². The second-order valence-corrected chi connectivity index (χ2v) is 12.0. The van der Waals surface area contributed by atoms with Crippen molar-refractivity contribution in [1.29, 1.82) is 0 Å². The van der Waals surface area contributed by atoms with Crippen molar-refractivity contribution in [2.75, 3.05) is 56.2 Å². The summed E-state index contributed by atoms with van der Waals surface area (Å²) >= 11 is 0. The van der Waals surface area contributed by atoms with Gasteiger partial charge in [-0.2, -0.15) is 0 Å². The van der Waals surface area contributed by atoms with Crippen LogP contribution in [-0.2, 0) is 16.6 Å². The van der Waals surface area contributed by atoms with Gasteiger partial charge in [-0.05, 0) is 43.4 Å². The number of benzene rings is 2. The van der Waals surface area contributed by atoms with Crippen molar-refractivity contribution in [2.45, 2.75) is 6.54 Å². The summed E-state index contributed by atoms with van der Waals surface area (Å²) < 4.78 is 27.6. The number of sulfonamides is 1. The summed E-state index contributed by atoms with van der Waals surface area (Å²) in [5, 5.41) is 8.03. The van der Waals surface area contributed by atoms with E-state index in [-0.39, 0.29) is 0 Å². The molecule has 1 fully saturated rings. The van der Waals surface area contributed by atoms with E-state index in [1.165, 1.54) is 10.6 Å². The topological polar surface area (TPSA) is 115 Å². The first kappa shape index (κ1) is 25.3. The zero-order valence-corrected chi connectivity index (χ0v) is 23.0. The first-order chi connectivity index (χ1) is 18.7. The molecule has 1 saturated heterocycles. The van der Waals surface area contributed by atoms with Gasteiger partial charge in [0.1, 0.15) is 5.82 Å². The van der Waals surface area contributed by atoms with E-state index in [1.54, 1.807) is 23.8 Å². The number of aromatic nitrogens is 5. The van der Waals surface area contributed by atoms with E-state index in [0.717, 1.165) is 72.0 Å². The summed E-state index contributed by atoms with van der Waals surface area (Å²) in [6.45, 7) is 5.02. The number of H-pyrrole nitrogens is 1. The van der Waals surface area contributed by atoms with Gasteiger partial charge in [-0.3, -0.25) is 9.21 Å². The predicted octanol–water partition coefficient (Wildman–Crippen LogP) is 3.16. The van der Waals surface area contributed by atoms with Crippen LogP contribution in [-0.4, -0.2) is 89.3 Å². The quantitative estimate of drug-likeness (QED) is 0.321. The predicted molar refractivity (Wildman–Crippen MR) is 154 cm³/mol. The van der Waals surface area contributed by atoms with Crippen LogP contribution in [0.5, 0.6) is 0 Å². The van der Waals surface area contributed by atoms with E-state index in [1.807, 2.05) is 48.5 Å². The van der Waals surface area contributed by atoms with Gasteiger partial charge in [-0.25, -0.2) is 22.9 Å². The number of likely N-dealkylation sites (N-methyl/N-ethyl adjacent to an activating group) is 1. The lowest BCUT2D eigenvalue weighted by Crippen LogP contribution is -2.44. The zero-order valence-electron chi connectivity index (χ0n) is 22.2. The van der Waals surface area contributed by atoms with Crippen molar-refractivity contribution in [1.82, 2.24) is 34.4 Å². The van der Waals surface area contributed by atoms with Crippen LogP contribution >= 0.6 is 0 Å². The fourth-order valence-corrected chi connectivity index (χ4v) is 5.38. The van der Waals surface area contributed by atoms with Crippen molar-refractivity contribution in [3.05, 3.63) is 66.6 Å². The summed E-state index contributed by atoms with van der Waals surface area (Å²) in [6, 6.07) is 17.2. The maximum Gasteiger partial charge on any atom is 0.245 e. The molecule has 2 aromatic carbocycles. The highest BCUT2D eigenvalue weighted by Crippen LogP contribution is 2.32. The molecule has 0 atom stereocenters. The Labute approximate surface area is 227 Å². The molecule has 11 nitrogen and oxygen atoms in total.